The van der Waals surface area contributed by atoms with Crippen LogP contribution in [0.15, 0.2) is 49.1 Å². The molecule has 0 saturated heterocycles. The van der Waals surface area contributed by atoms with Gasteiger partial charge in [-0.25, -0.2) is 0 Å². The highest BCUT2D eigenvalue weighted by molar-refractivity contribution is 5.35. The van der Waals surface area contributed by atoms with Crippen molar-refractivity contribution in [1.82, 2.24) is 0 Å². The summed E-state index contributed by atoms with van der Waals surface area (Å²) in [6.07, 6.45) is 5.32. The van der Waals surface area contributed by atoms with E-state index in [9.17, 15) is 10.1 Å². The van der Waals surface area contributed by atoms with E-state index in [2.05, 4.69) is 19.7 Å². The van der Waals surface area contributed by atoms with Crippen LogP contribution < -0.4 is 0 Å². The first-order valence-electron chi connectivity index (χ1n) is 5.06. The summed E-state index contributed by atoms with van der Waals surface area (Å²) in [5.41, 5.74) is 0.906. The Morgan fingerprint density at radius 3 is 2.38 bits per heavy atom. The van der Waals surface area contributed by atoms with Gasteiger partial charge in [0.25, 0.3) is 0 Å². The van der Waals surface area contributed by atoms with Gasteiger partial charge in [-0.3, -0.25) is 10.1 Å². The van der Waals surface area contributed by atoms with Crippen molar-refractivity contribution in [2.45, 2.75) is 26.3 Å². The molecule has 0 bridgehead atoms. The molecular formula is C13H19NO2. The van der Waals surface area contributed by atoms with Crippen LogP contribution in [-0.4, -0.2) is 10.5 Å². The minimum Gasteiger partial charge on any atom is -0.264 e. The summed E-state index contributed by atoms with van der Waals surface area (Å²) >= 11 is 0. The van der Waals surface area contributed by atoms with Gasteiger partial charge in [0.2, 0.25) is 5.54 Å². The fraction of sp³-hybridized carbons (Fsp3) is 0.385. The van der Waals surface area contributed by atoms with Gasteiger partial charge in [0, 0.05) is 11.8 Å². The second-order valence-corrected chi connectivity index (χ2v) is 3.97. The Bertz CT molecular complexity index is 355. The summed E-state index contributed by atoms with van der Waals surface area (Å²) in [5, 5.41) is 11.0. The zero-order valence-corrected chi connectivity index (χ0v) is 10.2. The predicted octanol–water partition coefficient (Wildman–Crippen LogP) is 3.53. The number of nitro groups is 1. The lowest BCUT2D eigenvalue weighted by Crippen LogP contribution is -2.42. The number of hydrogen-bond donors (Lipinski definition) is 0. The molecule has 0 N–H and O–H groups in total. The maximum Gasteiger partial charge on any atom is 0.247 e. The zero-order valence-electron chi connectivity index (χ0n) is 10.2. The molecule has 1 aliphatic rings. The Morgan fingerprint density at radius 2 is 2.00 bits per heavy atom. The normalized spacial score (nSPS) is 28.1. The summed E-state index contributed by atoms with van der Waals surface area (Å²) in [6.45, 7) is 15.1. The maximum atomic E-state index is 11.0. The lowest BCUT2D eigenvalue weighted by atomic mass is 9.76. The molecule has 0 spiro atoms. The monoisotopic (exact) mass is 221 g/mol. The molecule has 0 saturated carbocycles. The Kier molecular flexibility index (Phi) is 4.89. The third-order valence-corrected chi connectivity index (χ3v) is 2.72. The van der Waals surface area contributed by atoms with Gasteiger partial charge in [0.05, 0.1) is 5.92 Å². The Labute approximate surface area is 97.0 Å². The summed E-state index contributed by atoms with van der Waals surface area (Å²) in [7, 11) is 0. The second-order valence-electron chi connectivity index (χ2n) is 3.97. The van der Waals surface area contributed by atoms with E-state index in [1.807, 2.05) is 19.9 Å². The molecule has 0 aliphatic heterocycles. The number of nitrogens with zero attached hydrogens (tertiary/aromatic N) is 1. The SMILES string of the molecule is C=C.C=CC1C(C)=CC(C)=CC1(C)[N+](=O)[O-]. The van der Waals surface area contributed by atoms with Crippen molar-refractivity contribution in [2.24, 2.45) is 5.92 Å². The third-order valence-electron chi connectivity index (χ3n) is 2.72. The molecule has 0 radical (unpaired) electrons. The predicted molar refractivity (Wildman–Crippen MR) is 67.9 cm³/mol. The minimum atomic E-state index is -1.04. The standard InChI is InChI=1S/C11H15NO2.C2H4/c1-5-10-9(3)6-8(2)7-11(10,4)12(13)14;1-2/h5-7,10H,1H2,2-4H3;1-2H2. The molecular weight excluding hydrogens is 202 g/mol. The van der Waals surface area contributed by atoms with E-state index in [4.69, 9.17) is 0 Å². The molecule has 3 heteroatoms. The van der Waals surface area contributed by atoms with Crippen molar-refractivity contribution in [3.05, 3.63) is 59.2 Å². The fourth-order valence-corrected chi connectivity index (χ4v) is 2.09. The van der Waals surface area contributed by atoms with E-state index in [0.29, 0.717) is 0 Å². The summed E-state index contributed by atoms with van der Waals surface area (Å²) < 4.78 is 0. The summed E-state index contributed by atoms with van der Waals surface area (Å²) in [6, 6.07) is 0. The molecule has 3 nitrogen and oxygen atoms in total. The van der Waals surface area contributed by atoms with Crippen molar-refractivity contribution in [2.75, 3.05) is 0 Å². The molecule has 0 aromatic rings. The van der Waals surface area contributed by atoms with E-state index in [-0.39, 0.29) is 10.8 Å². The number of rotatable bonds is 2. The summed E-state index contributed by atoms with van der Waals surface area (Å²) in [4.78, 5) is 10.8. The van der Waals surface area contributed by atoms with Gasteiger partial charge in [0.15, 0.2) is 0 Å². The van der Waals surface area contributed by atoms with Crippen molar-refractivity contribution in [3.8, 4) is 0 Å². The highest BCUT2D eigenvalue weighted by Gasteiger charge is 2.44. The molecule has 2 unspecified atom stereocenters. The smallest absolute Gasteiger partial charge is 0.247 e. The van der Waals surface area contributed by atoms with Crippen LogP contribution >= 0.6 is 0 Å². The van der Waals surface area contributed by atoms with Crippen LogP contribution in [0.5, 0.6) is 0 Å². The Hall–Kier alpha value is -1.64. The minimum absolute atomic E-state index is 0.207. The second kappa shape index (κ2) is 5.45. The van der Waals surface area contributed by atoms with Crippen LogP contribution in [0.1, 0.15) is 20.8 Å². The maximum absolute atomic E-state index is 11.0. The average molecular weight is 221 g/mol. The molecule has 0 fully saturated rings. The molecule has 0 aromatic heterocycles. The average Bonchev–Trinajstić information content (AvgIpc) is 2.19. The molecule has 0 heterocycles. The van der Waals surface area contributed by atoms with Gasteiger partial charge >= 0.3 is 0 Å². The highest BCUT2D eigenvalue weighted by Crippen LogP contribution is 2.35. The number of allylic oxidation sites excluding steroid dienone is 2. The van der Waals surface area contributed by atoms with E-state index >= 15 is 0 Å². The third kappa shape index (κ3) is 2.48. The first kappa shape index (κ1) is 14.4. The van der Waals surface area contributed by atoms with Crippen LogP contribution in [0.25, 0.3) is 0 Å². The quantitative estimate of drug-likeness (QED) is 0.406. The van der Waals surface area contributed by atoms with Crippen molar-refractivity contribution in [3.63, 3.8) is 0 Å². The van der Waals surface area contributed by atoms with Crippen LogP contribution in [0.2, 0.25) is 0 Å². The Balaban J connectivity index is 0.00000106. The highest BCUT2D eigenvalue weighted by atomic mass is 16.6. The molecule has 1 rings (SSSR count). The molecule has 0 aromatic carbocycles. The first-order chi connectivity index (χ1) is 7.41. The topological polar surface area (TPSA) is 43.1 Å². The fourth-order valence-electron chi connectivity index (χ4n) is 2.09. The van der Waals surface area contributed by atoms with Gasteiger partial charge in [-0.05, 0) is 25.5 Å². The van der Waals surface area contributed by atoms with Gasteiger partial charge in [-0.2, -0.15) is 0 Å². The molecule has 88 valence electrons. The Morgan fingerprint density at radius 1 is 1.50 bits per heavy atom. The largest absolute Gasteiger partial charge is 0.264 e. The van der Waals surface area contributed by atoms with Crippen LogP contribution in [0, 0.1) is 16.0 Å². The van der Waals surface area contributed by atoms with Crippen LogP contribution in [0.3, 0.4) is 0 Å². The molecule has 2 atom stereocenters. The lowest BCUT2D eigenvalue weighted by Gasteiger charge is -2.29. The van der Waals surface area contributed by atoms with E-state index < -0.39 is 5.54 Å². The van der Waals surface area contributed by atoms with Crippen molar-refractivity contribution in [1.29, 1.82) is 0 Å². The van der Waals surface area contributed by atoms with E-state index in [1.165, 1.54) is 0 Å². The summed E-state index contributed by atoms with van der Waals surface area (Å²) in [5.74, 6) is -0.207. The molecule has 1 aliphatic carbocycles. The van der Waals surface area contributed by atoms with Gasteiger partial charge < -0.3 is 0 Å². The number of hydrogen-bond acceptors (Lipinski definition) is 2. The van der Waals surface area contributed by atoms with Gasteiger partial charge in [-0.1, -0.05) is 17.7 Å². The van der Waals surface area contributed by atoms with Gasteiger partial charge in [0.1, 0.15) is 0 Å². The van der Waals surface area contributed by atoms with E-state index in [0.717, 1.165) is 11.1 Å². The lowest BCUT2D eigenvalue weighted by molar-refractivity contribution is -0.556. The van der Waals surface area contributed by atoms with Crippen LogP contribution in [0.4, 0.5) is 0 Å². The molecule has 16 heavy (non-hydrogen) atoms. The van der Waals surface area contributed by atoms with E-state index in [1.54, 1.807) is 19.1 Å². The van der Waals surface area contributed by atoms with Crippen molar-refractivity contribution < 1.29 is 4.92 Å². The zero-order chi connectivity index (χ0) is 12.9. The van der Waals surface area contributed by atoms with Gasteiger partial charge in [-0.15, -0.1) is 19.7 Å². The first-order valence-corrected chi connectivity index (χ1v) is 5.06. The van der Waals surface area contributed by atoms with Crippen molar-refractivity contribution >= 4 is 0 Å². The van der Waals surface area contributed by atoms with Crippen LogP contribution in [-0.2, 0) is 0 Å². The molecule has 0 amide bonds.